The summed E-state index contributed by atoms with van der Waals surface area (Å²) < 4.78 is 32.1. The number of nitrogens with one attached hydrogen (secondary N) is 3. The summed E-state index contributed by atoms with van der Waals surface area (Å²) in [5.41, 5.74) is 0.931. The molecule has 0 fully saturated rings. The van der Waals surface area contributed by atoms with E-state index >= 15 is 0 Å². The first-order chi connectivity index (χ1) is 9.94. The van der Waals surface area contributed by atoms with Gasteiger partial charge in [0.1, 0.15) is 4.90 Å². The monoisotopic (exact) mass is 314 g/mol. The van der Waals surface area contributed by atoms with Crippen LogP contribution >= 0.6 is 0 Å². The highest BCUT2D eigenvalue weighted by Crippen LogP contribution is 2.17. The number of aromatic nitrogens is 4. The van der Waals surface area contributed by atoms with Gasteiger partial charge < -0.3 is 9.84 Å². The van der Waals surface area contributed by atoms with Gasteiger partial charge in [0.25, 0.3) is 0 Å². The summed E-state index contributed by atoms with van der Waals surface area (Å²) in [4.78, 5) is 4.10. The lowest BCUT2D eigenvalue weighted by Gasteiger charge is -2.06. The molecule has 2 heterocycles. The Morgan fingerprint density at radius 1 is 1.29 bits per heavy atom. The van der Waals surface area contributed by atoms with Crippen molar-refractivity contribution in [2.24, 2.45) is 0 Å². The topological polar surface area (TPSA) is 126 Å². The first-order valence-electron chi connectivity index (χ1n) is 6.47. The number of nitrogens with zero attached hydrogens (tertiary/aromatic N) is 3. The second kappa shape index (κ2) is 6.33. The number of sulfonamides is 1. The number of H-pyrrole nitrogens is 1. The molecular formula is C11H18N6O3S. The fourth-order valence-corrected chi connectivity index (χ4v) is 3.16. The van der Waals surface area contributed by atoms with Crippen molar-refractivity contribution in [1.29, 1.82) is 0 Å². The summed E-state index contributed by atoms with van der Waals surface area (Å²) in [5, 5.41) is 13.4. The van der Waals surface area contributed by atoms with Gasteiger partial charge in [0.05, 0.1) is 17.9 Å². The third kappa shape index (κ3) is 3.65. The average Bonchev–Trinajstić information content (AvgIpc) is 3.00. The highest BCUT2D eigenvalue weighted by Gasteiger charge is 2.24. The standard InChI is InChI=1S/C11H18N6O3S/c1-4-12-5-9-11(7(2)15-16-9)21(18,19)13-6-10-14-8(3)17-20-10/h12-13H,4-6H2,1-3H3,(H,15,16). The second-order valence-electron chi connectivity index (χ2n) is 4.46. The van der Waals surface area contributed by atoms with Crippen molar-refractivity contribution < 1.29 is 12.9 Å². The van der Waals surface area contributed by atoms with Crippen molar-refractivity contribution in [3.05, 3.63) is 23.1 Å². The second-order valence-corrected chi connectivity index (χ2v) is 6.17. The Bertz CT molecular complexity index is 705. The van der Waals surface area contributed by atoms with E-state index < -0.39 is 10.0 Å². The number of hydrogen-bond donors (Lipinski definition) is 3. The van der Waals surface area contributed by atoms with Gasteiger partial charge in [-0.05, 0) is 20.4 Å². The van der Waals surface area contributed by atoms with Crippen LogP contribution in [-0.4, -0.2) is 35.3 Å². The Morgan fingerprint density at radius 3 is 2.67 bits per heavy atom. The van der Waals surface area contributed by atoms with Crippen LogP contribution in [0.3, 0.4) is 0 Å². The first kappa shape index (κ1) is 15.6. The van der Waals surface area contributed by atoms with Crippen LogP contribution in [0.5, 0.6) is 0 Å². The van der Waals surface area contributed by atoms with Gasteiger partial charge in [-0.15, -0.1) is 0 Å². The van der Waals surface area contributed by atoms with E-state index in [1.807, 2.05) is 6.92 Å². The quantitative estimate of drug-likeness (QED) is 0.656. The molecule has 3 N–H and O–H groups in total. The van der Waals surface area contributed by atoms with Crippen LogP contribution in [0.25, 0.3) is 0 Å². The van der Waals surface area contributed by atoms with Crippen LogP contribution in [0, 0.1) is 13.8 Å². The van der Waals surface area contributed by atoms with E-state index in [4.69, 9.17) is 4.52 Å². The zero-order chi connectivity index (χ0) is 15.5. The molecule has 21 heavy (non-hydrogen) atoms. The zero-order valence-electron chi connectivity index (χ0n) is 12.1. The largest absolute Gasteiger partial charge is 0.338 e. The van der Waals surface area contributed by atoms with Crippen molar-refractivity contribution in [2.45, 2.75) is 38.8 Å². The molecule has 2 rings (SSSR count). The number of aromatic amines is 1. The number of hydrogen-bond acceptors (Lipinski definition) is 7. The van der Waals surface area contributed by atoms with Gasteiger partial charge in [0.2, 0.25) is 15.9 Å². The predicted octanol–water partition coefficient (Wildman–Crippen LogP) is -0.00246. The lowest BCUT2D eigenvalue weighted by atomic mass is 10.3. The molecular weight excluding hydrogens is 296 g/mol. The number of rotatable bonds is 7. The molecule has 0 radical (unpaired) electrons. The van der Waals surface area contributed by atoms with Gasteiger partial charge in [-0.3, -0.25) is 5.10 Å². The highest BCUT2D eigenvalue weighted by atomic mass is 32.2. The van der Waals surface area contributed by atoms with E-state index in [0.29, 0.717) is 23.8 Å². The molecule has 0 saturated heterocycles. The summed E-state index contributed by atoms with van der Waals surface area (Å²) in [6.07, 6.45) is 0. The maximum atomic E-state index is 12.4. The molecule has 10 heteroatoms. The normalized spacial score (nSPS) is 12.0. The van der Waals surface area contributed by atoms with Gasteiger partial charge in [-0.25, -0.2) is 13.1 Å². The van der Waals surface area contributed by atoms with E-state index in [2.05, 4.69) is 30.4 Å². The summed E-state index contributed by atoms with van der Waals surface area (Å²) in [5.74, 6) is 0.669. The number of aryl methyl sites for hydroxylation is 2. The minimum atomic E-state index is -3.71. The third-order valence-corrected chi connectivity index (χ3v) is 4.36. The van der Waals surface area contributed by atoms with Crippen molar-refractivity contribution >= 4 is 10.0 Å². The van der Waals surface area contributed by atoms with Gasteiger partial charge >= 0.3 is 0 Å². The fourth-order valence-electron chi connectivity index (χ4n) is 1.83. The van der Waals surface area contributed by atoms with Crippen molar-refractivity contribution in [1.82, 2.24) is 30.4 Å². The molecule has 2 aromatic heterocycles. The maximum absolute atomic E-state index is 12.4. The lowest BCUT2D eigenvalue weighted by molar-refractivity contribution is 0.372. The molecule has 0 atom stereocenters. The molecule has 0 amide bonds. The van der Waals surface area contributed by atoms with Crippen LogP contribution in [0.4, 0.5) is 0 Å². The smallest absolute Gasteiger partial charge is 0.244 e. The molecule has 0 unspecified atom stereocenters. The molecule has 0 saturated carbocycles. The minimum absolute atomic E-state index is 0.0611. The van der Waals surface area contributed by atoms with Crippen LogP contribution in [0.2, 0.25) is 0 Å². The SMILES string of the molecule is CCNCc1n[nH]c(C)c1S(=O)(=O)NCc1nc(C)no1. The van der Waals surface area contributed by atoms with Gasteiger partial charge in [0, 0.05) is 6.54 Å². The molecule has 0 aliphatic heterocycles. The molecule has 0 aliphatic rings. The molecule has 116 valence electrons. The molecule has 0 aromatic carbocycles. The highest BCUT2D eigenvalue weighted by molar-refractivity contribution is 7.89. The zero-order valence-corrected chi connectivity index (χ0v) is 12.9. The van der Waals surface area contributed by atoms with Crippen LogP contribution in [0.1, 0.15) is 30.0 Å². The Labute approximate surface area is 122 Å². The predicted molar refractivity (Wildman–Crippen MR) is 73.8 cm³/mol. The summed E-state index contributed by atoms with van der Waals surface area (Å²) in [7, 11) is -3.71. The fraction of sp³-hybridized carbons (Fsp3) is 0.545. The average molecular weight is 314 g/mol. The molecule has 2 aromatic rings. The molecule has 9 nitrogen and oxygen atoms in total. The molecule has 0 spiro atoms. The van der Waals surface area contributed by atoms with Crippen molar-refractivity contribution in [3.63, 3.8) is 0 Å². The van der Waals surface area contributed by atoms with Gasteiger partial charge in [-0.1, -0.05) is 12.1 Å². The Balaban J connectivity index is 2.17. The third-order valence-electron chi connectivity index (χ3n) is 2.76. The summed E-state index contributed by atoms with van der Waals surface area (Å²) >= 11 is 0. The van der Waals surface area contributed by atoms with Crippen molar-refractivity contribution in [2.75, 3.05) is 6.54 Å². The van der Waals surface area contributed by atoms with Gasteiger partial charge in [-0.2, -0.15) is 10.1 Å². The van der Waals surface area contributed by atoms with Crippen LogP contribution in [-0.2, 0) is 23.1 Å². The lowest BCUT2D eigenvalue weighted by Crippen LogP contribution is -2.26. The van der Waals surface area contributed by atoms with E-state index in [0.717, 1.165) is 6.54 Å². The van der Waals surface area contributed by atoms with E-state index in [1.165, 1.54) is 0 Å². The first-order valence-corrected chi connectivity index (χ1v) is 7.95. The Kier molecular flexibility index (Phi) is 4.70. The van der Waals surface area contributed by atoms with E-state index in [9.17, 15) is 8.42 Å². The van der Waals surface area contributed by atoms with Crippen LogP contribution < -0.4 is 10.0 Å². The van der Waals surface area contributed by atoms with Gasteiger partial charge in [0.15, 0.2) is 5.82 Å². The maximum Gasteiger partial charge on any atom is 0.244 e. The van der Waals surface area contributed by atoms with E-state index in [-0.39, 0.29) is 17.3 Å². The molecule has 0 aliphatic carbocycles. The minimum Gasteiger partial charge on any atom is -0.338 e. The summed E-state index contributed by atoms with van der Waals surface area (Å²) in [6.45, 7) is 6.29. The molecule has 0 bridgehead atoms. The Hall–Kier alpha value is -1.78. The Morgan fingerprint density at radius 2 is 2.05 bits per heavy atom. The van der Waals surface area contributed by atoms with Crippen molar-refractivity contribution in [3.8, 4) is 0 Å². The van der Waals surface area contributed by atoms with E-state index in [1.54, 1.807) is 13.8 Å². The van der Waals surface area contributed by atoms with Crippen LogP contribution in [0.15, 0.2) is 9.42 Å². The summed E-state index contributed by atoms with van der Waals surface area (Å²) in [6, 6.07) is 0.